The number of carbonyl (C=O) groups is 1. The molecule has 0 atom stereocenters. The second-order valence-electron chi connectivity index (χ2n) is 2.90. The van der Waals surface area contributed by atoms with E-state index in [1.807, 2.05) is 6.07 Å². The standard InChI is InChI=1S/C9H9N3O/c1-6(13)8-11-7-4-3-5-10-9(7)12(8)2/h3-5H,1-2H3. The minimum atomic E-state index is -0.0412. The van der Waals surface area contributed by atoms with Crippen molar-refractivity contribution in [2.45, 2.75) is 6.92 Å². The summed E-state index contributed by atoms with van der Waals surface area (Å²) < 4.78 is 1.71. The molecule has 66 valence electrons. The molecule has 0 bridgehead atoms. The Morgan fingerprint density at radius 1 is 1.54 bits per heavy atom. The third-order valence-electron chi connectivity index (χ3n) is 1.94. The van der Waals surface area contributed by atoms with Crippen molar-refractivity contribution in [3.8, 4) is 0 Å². The first-order chi connectivity index (χ1) is 6.20. The van der Waals surface area contributed by atoms with Gasteiger partial charge in [0.25, 0.3) is 0 Å². The van der Waals surface area contributed by atoms with E-state index in [9.17, 15) is 4.79 Å². The Labute approximate surface area is 75.2 Å². The summed E-state index contributed by atoms with van der Waals surface area (Å²) in [5.41, 5.74) is 1.50. The quantitative estimate of drug-likeness (QED) is 0.611. The molecule has 13 heavy (non-hydrogen) atoms. The van der Waals surface area contributed by atoms with Gasteiger partial charge in [0.15, 0.2) is 17.3 Å². The molecule has 0 aromatic carbocycles. The molecule has 4 heteroatoms. The van der Waals surface area contributed by atoms with E-state index in [4.69, 9.17) is 0 Å². The molecule has 0 aliphatic heterocycles. The molecule has 0 aliphatic carbocycles. The molecule has 2 heterocycles. The van der Waals surface area contributed by atoms with E-state index in [1.165, 1.54) is 6.92 Å². The van der Waals surface area contributed by atoms with Crippen LogP contribution in [0.5, 0.6) is 0 Å². The minimum absolute atomic E-state index is 0.0412. The third kappa shape index (κ3) is 1.11. The van der Waals surface area contributed by atoms with Crippen molar-refractivity contribution in [3.05, 3.63) is 24.2 Å². The molecule has 0 aliphatic rings. The number of aromatic nitrogens is 3. The Bertz CT molecular complexity index is 473. The zero-order valence-electron chi connectivity index (χ0n) is 7.48. The molecule has 0 fully saturated rings. The van der Waals surface area contributed by atoms with Crippen molar-refractivity contribution in [1.29, 1.82) is 0 Å². The van der Waals surface area contributed by atoms with Gasteiger partial charge in [0.1, 0.15) is 5.52 Å². The van der Waals surface area contributed by atoms with Crippen LogP contribution in [0.1, 0.15) is 17.5 Å². The minimum Gasteiger partial charge on any atom is -0.309 e. The molecule has 0 saturated carbocycles. The topological polar surface area (TPSA) is 47.8 Å². The van der Waals surface area contributed by atoms with E-state index in [1.54, 1.807) is 23.9 Å². The first-order valence-electron chi connectivity index (χ1n) is 3.98. The van der Waals surface area contributed by atoms with Crippen molar-refractivity contribution in [1.82, 2.24) is 14.5 Å². The van der Waals surface area contributed by atoms with Gasteiger partial charge in [0.05, 0.1) is 0 Å². The summed E-state index contributed by atoms with van der Waals surface area (Å²) in [6.45, 7) is 1.50. The van der Waals surface area contributed by atoms with Crippen LogP contribution in [0.2, 0.25) is 0 Å². The summed E-state index contributed by atoms with van der Waals surface area (Å²) in [4.78, 5) is 19.4. The number of ketones is 1. The second kappa shape index (κ2) is 2.65. The van der Waals surface area contributed by atoms with Gasteiger partial charge in [-0.2, -0.15) is 0 Å². The van der Waals surface area contributed by atoms with E-state index in [0.29, 0.717) is 5.82 Å². The zero-order valence-corrected chi connectivity index (χ0v) is 7.48. The maximum atomic E-state index is 11.1. The van der Waals surface area contributed by atoms with Crippen LogP contribution in [0.15, 0.2) is 18.3 Å². The normalized spacial score (nSPS) is 10.6. The molecule has 0 unspecified atom stereocenters. The van der Waals surface area contributed by atoms with E-state index >= 15 is 0 Å². The Kier molecular flexibility index (Phi) is 1.62. The molecule has 0 saturated heterocycles. The van der Waals surface area contributed by atoms with Gasteiger partial charge in [-0.3, -0.25) is 4.79 Å². The van der Waals surface area contributed by atoms with E-state index < -0.39 is 0 Å². The lowest BCUT2D eigenvalue weighted by Crippen LogP contribution is -2.03. The van der Waals surface area contributed by atoms with Crippen molar-refractivity contribution in [2.75, 3.05) is 0 Å². The maximum absolute atomic E-state index is 11.1. The van der Waals surface area contributed by atoms with Gasteiger partial charge < -0.3 is 4.57 Å². The molecule has 4 nitrogen and oxygen atoms in total. The van der Waals surface area contributed by atoms with Crippen LogP contribution in [0.3, 0.4) is 0 Å². The summed E-state index contributed by atoms with van der Waals surface area (Å²) in [6.07, 6.45) is 1.69. The fraction of sp³-hybridized carbons (Fsp3) is 0.222. The highest BCUT2D eigenvalue weighted by molar-refractivity contribution is 5.93. The number of hydrogen-bond donors (Lipinski definition) is 0. The second-order valence-corrected chi connectivity index (χ2v) is 2.90. The highest BCUT2D eigenvalue weighted by atomic mass is 16.1. The van der Waals surface area contributed by atoms with Gasteiger partial charge in [-0.25, -0.2) is 9.97 Å². The van der Waals surface area contributed by atoms with Gasteiger partial charge in [-0.15, -0.1) is 0 Å². The first kappa shape index (κ1) is 7.91. The Balaban J connectivity index is 2.81. The Morgan fingerprint density at radius 2 is 2.31 bits per heavy atom. The molecule has 0 N–H and O–H groups in total. The molecule has 2 rings (SSSR count). The fourth-order valence-electron chi connectivity index (χ4n) is 1.34. The van der Waals surface area contributed by atoms with Crippen LogP contribution in [0, 0.1) is 0 Å². The highest BCUT2D eigenvalue weighted by Crippen LogP contribution is 2.11. The van der Waals surface area contributed by atoms with Crippen LogP contribution in [-0.4, -0.2) is 20.3 Å². The predicted octanol–water partition coefficient (Wildman–Crippen LogP) is 1.17. The van der Waals surface area contributed by atoms with Crippen molar-refractivity contribution in [2.24, 2.45) is 7.05 Å². The van der Waals surface area contributed by atoms with Gasteiger partial charge in [-0.05, 0) is 12.1 Å². The molecule has 0 radical (unpaired) electrons. The van der Waals surface area contributed by atoms with Gasteiger partial charge >= 0.3 is 0 Å². The zero-order chi connectivity index (χ0) is 9.42. The number of fused-ring (bicyclic) bond motifs is 1. The van der Waals surface area contributed by atoms with E-state index in [0.717, 1.165) is 11.2 Å². The number of Topliss-reactive ketones (excluding diaryl/α,β-unsaturated/α-hetero) is 1. The number of imidazole rings is 1. The van der Waals surface area contributed by atoms with Crippen LogP contribution in [0.25, 0.3) is 11.2 Å². The van der Waals surface area contributed by atoms with E-state index in [-0.39, 0.29) is 5.78 Å². The molecular weight excluding hydrogens is 166 g/mol. The van der Waals surface area contributed by atoms with Crippen LogP contribution in [-0.2, 0) is 7.05 Å². The molecule has 0 spiro atoms. The Morgan fingerprint density at radius 3 is 2.92 bits per heavy atom. The first-order valence-corrected chi connectivity index (χ1v) is 3.98. The number of nitrogens with zero attached hydrogens (tertiary/aromatic N) is 3. The van der Waals surface area contributed by atoms with Crippen LogP contribution < -0.4 is 0 Å². The maximum Gasteiger partial charge on any atom is 0.195 e. The van der Waals surface area contributed by atoms with Crippen molar-refractivity contribution in [3.63, 3.8) is 0 Å². The van der Waals surface area contributed by atoms with Gasteiger partial charge in [0.2, 0.25) is 0 Å². The van der Waals surface area contributed by atoms with Gasteiger partial charge in [-0.1, -0.05) is 0 Å². The summed E-state index contributed by atoms with van der Waals surface area (Å²) in [6, 6.07) is 3.65. The Hall–Kier alpha value is -1.71. The van der Waals surface area contributed by atoms with Crippen LogP contribution in [0.4, 0.5) is 0 Å². The predicted molar refractivity (Wildman–Crippen MR) is 48.5 cm³/mol. The number of carbonyl (C=O) groups excluding carboxylic acids is 1. The monoisotopic (exact) mass is 175 g/mol. The molecule has 2 aromatic heterocycles. The summed E-state index contributed by atoms with van der Waals surface area (Å²) in [5.74, 6) is 0.411. The van der Waals surface area contributed by atoms with Crippen LogP contribution >= 0.6 is 0 Å². The van der Waals surface area contributed by atoms with Crippen molar-refractivity contribution < 1.29 is 4.79 Å². The lowest BCUT2D eigenvalue weighted by molar-refractivity contribution is 0.100. The summed E-state index contributed by atoms with van der Waals surface area (Å²) in [5, 5.41) is 0. The summed E-state index contributed by atoms with van der Waals surface area (Å²) in [7, 11) is 1.79. The average Bonchev–Trinajstić information content (AvgIpc) is 2.45. The molecular formula is C9H9N3O. The fourth-order valence-corrected chi connectivity index (χ4v) is 1.34. The van der Waals surface area contributed by atoms with Crippen molar-refractivity contribution >= 4 is 16.9 Å². The third-order valence-corrected chi connectivity index (χ3v) is 1.94. The van der Waals surface area contributed by atoms with E-state index in [2.05, 4.69) is 9.97 Å². The largest absolute Gasteiger partial charge is 0.309 e. The smallest absolute Gasteiger partial charge is 0.195 e. The average molecular weight is 175 g/mol. The van der Waals surface area contributed by atoms with Gasteiger partial charge in [0, 0.05) is 20.2 Å². The molecule has 2 aromatic rings. The number of rotatable bonds is 1. The number of pyridine rings is 1. The lowest BCUT2D eigenvalue weighted by Gasteiger charge is -1.95. The lowest BCUT2D eigenvalue weighted by atomic mass is 10.4. The number of aryl methyl sites for hydroxylation is 1. The highest BCUT2D eigenvalue weighted by Gasteiger charge is 2.10. The SMILES string of the molecule is CC(=O)c1nc2cccnc2n1C. The molecule has 0 amide bonds. The summed E-state index contributed by atoms with van der Waals surface area (Å²) >= 11 is 0. The number of hydrogen-bond acceptors (Lipinski definition) is 3.